The Hall–Kier alpha value is -1.98. The highest BCUT2D eigenvalue weighted by atomic mass is 35.5. The second kappa shape index (κ2) is 8.41. The van der Waals surface area contributed by atoms with Crippen molar-refractivity contribution in [1.29, 1.82) is 0 Å². The molecule has 0 radical (unpaired) electrons. The van der Waals surface area contributed by atoms with Crippen LogP contribution < -0.4 is 10.6 Å². The Morgan fingerprint density at radius 2 is 1.72 bits per heavy atom. The maximum absolute atomic E-state index is 12.1. The molecule has 0 unspecified atom stereocenters. The highest BCUT2D eigenvalue weighted by Crippen LogP contribution is 2.30. The van der Waals surface area contributed by atoms with Gasteiger partial charge in [0.25, 0.3) is 0 Å². The number of halogens is 1. The number of carbonyl (C=O) groups is 2. The predicted octanol–water partition coefficient (Wildman–Crippen LogP) is 4.56. The summed E-state index contributed by atoms with van der Waals surface area (Å²) >= 11 is 7.40. The monoisotopic (exact) mass is 374 g/mol. The van der Waals surface area contributed by atoms with Gasteiger partial charge in [0.1, 0.15) is 0 Å². The summed E-state index contributed by atoms with van der Waals surface area (Å²) in [7, 11) is 0. The van der Waals surface area contributed by atoms with Crippen LogP contribution in [0.4, 0.5) is 11.4 Å². The Balaban J connectivity index is 1.45. The highest BCUT2D eigenvalue weighted by Gasteiger charge is 2.29. The molecule has 0 atom stereocenters. The van der Waals surface area contributed by atoms with Crippen molar-refractivity contribution in [2.45, 2.75) is 18.6 Å². The van der Waals surface area contributed by atoms with E-state index in [1.54, 1.807) is 17.8 Å². The van der Waals surface area contributed by atoms with E-state index in [1.165, 1.54) is 0 Å². The largest absolute Gasteiger partial charge is 0.326 e. The molecular formula is C19H19ClN2O2S. The lowest BCUT2D eigenvalue weighted by Crippen LogP contribution is -2.15. The van der Waals surface area contributed by atoms with Crippen LogP contribution in [0.3, 0.4) is 0 Å². The highest BCUT2D eigenvalue weighted by molar-refractivity contribution is 7.99. The third-order valence-corrected chi connectivity index (χ3v) is 5.03. The van der Waals surface area contributed by atoms with Crippen LogP contribution in [-0.2, 0) is 15.3 Å². The van der Waals surface area contributed by atoms with E-state index in [4.69, 9.17) is 11.6 Å². The van der Waals surface area contributed by atoms with Gasteiger partial charge in [-0.3, -0.25) is 9.59 Å². The number of amides is 2. The molecule has 1 aliphatic rings. The topological polar surface area (TPSA) is 58.2 Å². The van der Waals surface area contributed by atoms with E-state index in [2.05, 4.69) is 10.6 Å². The molecule has 1 aliphatic carbocycles. The van der Waals surface area contributed by atoms with Crippen molar-refractivity contribution >= 4 is 46.6 Å². The van der Waals surface area contributed by atoms with Crippen molar-refractivity contribution in [3.05, 3.63) is 59.1 Å². The first-order valence-corrected chi connectivity index (χ1v) is 9.66. The molecule has 1 fully saturated rings. The zero-order valence-corrected chi connectivity index (χ0v) is 15.2. The number of nitrogens with one attached hydrogen (secondary N) is 2. The molecule has 1 saturated carbocycles. The van der Waals surface area contributed by atoms with Gasteiger partial charge >= 0.3 is 0 Å². The maximum atomic E-state index is 12.1. The van der Waals surface area contributed by atoms with Gasteiger partial charge in [-0.05, 0) is 48.7 Å². The lowest BCUT2D eigenvalue weighted by Gasteiger charge is -2.09. The van der Waals surface area contributed by atoms with Gasteiger partial charge in [0, 0.05) is 28.1 Å². The molecule has 130 valence electrons. The molecule has 0 bridgehead atoms. The summed E-state index contributed by atoms with van der Waals surface area (Å²) < 4.78 is 0. The van der Waals surface area contributed by atoms with Gasteiger partial charge in [0.05, 0.1) is 5.75 Å². The number of rotatable bonds is 7. The molecule has 25 heavy (non-hydrogen) atoms. The van der Waals surface area contributed by atoms with E-state index in [9.17, 15) is 9.59 Å². The minimum absolute atomic E-state index is 0.0574. The third-order valence-electron chi connectivity index (χ3n) is 3.78. The molecule has 3 rings (SSSR count). The van der Waals surface area contributed by atoms with Crippen LogP contribution in [0, 0.1) is 5.92 Å². The van der Waals surface area contributed by atoms with Crippen LogP contribution in [0.5, 0.6) is 0 Å². The number of hydrogen-bond donors (Lipinski definition) is 2. The predicted molar refractivity (Wildman–Crippen MR) is 104 cm³/mol. The molecule has 0 aliphatic heterocycles. The van der Waals surface area contributed by atoms with Gasteiger partial charge in [-0.2, -0.15) is 0 Å². The van der Waals surface area contributed by atoms with E-state index in [0.29, 0.717) is 22.2 Å². The Kier molecular flexibility index (Phi) is 6.00. The van der Waals surface area contributed by atoms with Crippen LogP contribution in [0.2, 0.25) is 5.02 Å². The van der Waals surface area contributed by atoms with Crippen molar-refractivity contribution in [2.75, 3.05) is 16.4 Å². The van der Waals surface area contributed by atoms with E-state index in [-0.39, 0.29) is 17.7 Å². The standard InChI is InChI=1S/C19H19ClN2O2S/c20-15-8-4-13(5-9-15)11-25-12-18(23)21-16-2-1-3-17(10-16)22-19(24)14-6-7-14/h1-5,8-10,14H,6-7,11-12H2,(H,21,23)(H,22,24). The molecule has 4 nitrogen and oxygen atoms in total. The molecule has 2 amide bonds. The number of benzene rings is 2. The van der Waals surface area contributed by atoms with Gasteiger partial charge in [-0.25, -0.2) is 0 Å². The molecule has 0 saturated heterocycles. The van der Waals surface area contributed by atoms with Gasteiger partial charge in [-0.1, -0.05) is 29.8 Å². The summed E-state index contributed by atoms with van der Waals surface area (Å²) in [4.78, 5) is 23.9. The first-order valence-electron chi connectivity index (χ1n) is 8.13. The molecule has 0 spiro atoms. The first-order chi connectivity index (χ1) is 12.1. The second-order valence-electron chi connectivity index (χ2n) is 6.01. The Morgan fingerprint density at radius 1 is 1.04 bits per heavy atom. The summed E-state index contributed by atoms with van der Waals surface area (Å²) in [5, 5.41) is 6.45. The maximum Gasteiger partial charge on any atom is 0.234 e. The number of anilines is 2. The lowest BCUT2D eigenvalue weighted by atomic mass is 10.2. The SMILES string of the molecule is O=C(CSCc1ccc(Cl)cc1)Nc1cccc(NC(=O)C2CC2)c1. The van der Waals surface area contributed by atoms with Crippen LogP contribution in [-0.4, -0.2) is 17.6 Å². The fourth-order valence-electron chi connectivity index (χ4n) is 2.30. The average molecular weight is 375 g/mol. The van der Waals surface area contributed by atoms with E-state index in [0.717, 1.165) is 24.2 Å². The minimum Gasteiger partial charge on any atom is -0.326 e. The second-order valence-corrected chi connectivity index (χ2v) is 7.43. The number of thioether (sulfide) groups is 1. The van der Waals surface area contributed by atoms with Crippen molar-refractivity contribution in [2.24, 2.45) is 5.92 Å². The zero-order valence-electron chi connectivity index (χ0n) is 13.6. The smallest absolute Gasteiger partial charge is 0.234 e. The Labute approximate surface area is 156 Å². The molecule has 2 N–H and O–H groups in total. The first kappa shape index (κ1) is 17.8. The van der Waals surface area contributed by atoms with Gasteiger partial charge in [0.15, 0.2) is 0 Å². The number of hydrogen-bond acceptors (Lipinski definition) is 3. The molecule has 0 heterocycles. The zero-order chi connectivity index (χ0) is 17.6. The van der Waals surface area contributed by atoms with Gasteiger partial charge in [0.2, 0.25) is 11.8 Å². The molecule has 2 aromatic carbocycles. The van der Waals surface area contributed by atoms with Crippen LogP contribution in [0.25, 0.3) is 0 Å². The van der Waals surface area contributed by atoms with E-state index in [1.807, 2.05) is 42.5 Å². The summed E-state index contributed by atoms with van der Waals surface area (Å²) in [6.45, 7) is 0. The fraction of sp³-hybridized carbons (Fsp3) is 0.263. The lowest BCUT2D eigenvalue weighted by molar-refractivity contribution is -0.117. The molecule has 6 heteroatoms. The van der Waals surface area contributed by atoms with Crippen molar-refractivity contribution in [1.82, 2.24) is 0 Å². The van der Waals surface area contributed by atoms with E-state index < -0.39 is 0 Å². The Morgan fingerprint density at radius 3 is 2.40 bits per heavy atom. The van der Waals surface area contributed by atoms with Crippen molar-refractivity contribution < 1.29 is 9.59 Å². The molecule has 0 aromatic heterocycles. The Bertz CT molecular complexity index is 760. The summed E-state index contributed by atoms with van der Waals surface area (Å²) in [5.41, 5.74) is 2.53. The van der Waals surface area contributed by atoms with Crippen molar-refractivity contribution in [3.8, 4) is 0 Å². The molecule has 2 aromatic rings. The summed E-state index contributed by atoms with van der Waals surface area (Å²) in [5.74, 6) is 1.26. The molecular weight excluding hydrogens is 356 g/mol. The summed E-state index contributed by atoms with van der Waals surface area (Å²) in [6, 6.07) is 14.8. The summed E-state index contributed by atoms with van der Waals surface area (Å²) in [6.07, 6.45) is 1.93. The average Bonchev–Trinajstić information content (AvgIpc) is 3.42. The number of carbonyl (C=O) groups excluding carboxylic acids is 2. The van der Waals surface area contributed by atoms with Crippen LogP contribution in [0.1, 0.15) is 18.4 Å². The van der Waals surface area contributed by atoms with Crippen LogP contribution >= 0.6 is 23.4 Å². The minimum atomic E-state index is -0.0652. The fourth-order valence-corrected chi connectivity index (χ4v) is 3.22. The van der Waals surface area contributed by atoms with Crippen molar-refractivity contribution in [3.63, 3.8) is 0 Å². The van der Waals surface area contributed by atoms with E-state index >= 15 is 0 Å². The van der Waals surface area contributed by atoms with Gasteiger partial charge in [-0.15, -0.1) is 11.8 Å². The quantitative estimate of drug-likeness (QED) is 0.746. The third kappa shape index (κ3) is 5.80. The van der Waals surface area contributed by atoms with Gasteiger partial charge < -0.3 is 10.6 Å². The van der Waals surface area contributed by atoms with Crippen LogP contribution in [0.15, 0.2) is 48.5 Å². The normalized spacial score (nSPS) is 13.3.